The Morgan fingerprint density at radius 2 is 2.10 bits per heavy atom. The van der Waals surface area contributed by atoms with Gasteiger partial charge in [-0.25, -0.2) is 4.98 Å². The predicted molar refractivity (Wildman–Crippen MR) is 120 cm³/mol. The molecule has 0 spiro atoms. The molecule has 0 bridgehead atoms. The highest BCUT2D eigenvalue weighted by Gasteiger charge is 2.21. The number of aryl methyl sites for hydroxylation is 3. The van der Waals surface area contributed by atoms with Crippen LogP contribution in [0.4, 0.5) is 5.82 Å². The molecule has 0 aliphatic carbocycles. The lowest BCUT2D eigenvalue weighted by Gasteiger charge is -2.14. The molecule has 1 aliphatic rings. The normalized spacial score (nSPS) is 16.6. The highest BCUT2D eigenvalue weighted by atomic mass is 16.5. The summed E-state index contributed by atoms with van der Waals surface area (Å²) < 4.78 is 7.86. The van der Waals surface area contributed by atoms with Crippen LogP contribution in [0.15, 0.2) is 41.2 Å². The maximum absolute atomic E-state index is 13.1. The standard InChI is InChI=1S/C24H26N4O2/c1-14-9-10-17-12-19(24(29)27-21(17)16(14)3)22-23(25-13-18-7-5-11-30-18)28-15(2)6-4-8-20(28)26-22/h4,6,8-10,12,18,25H,5,7,11,13H2,1-3H3,(H,27,29). The molecule has 2 N–H and O–H groups in total. The topological polar surface area (TPSA) is 71.4 Å². The van der Waals surface area contributed by atoms with Crippen molar-refractivity contribution in [3.05, 3.63) is 63.6 Å². The monoisotopic (exact) mass is 402 g/mol. The molecule has 6 heteroatoms. The molecule has 1 aromatic carbocycles. The Bertz CT molecular complexity index is 1310. The molecule has 1 saturated heterocycles. The van der Waals surface area contributed by atoms with Crippen LogP contribution in [0.5, 0.6) is 0 Å². The Kier molecular flexibility index (Phi) is 4.59. The molecule has 1 aliphatic heterocycles. The molecular formula is C24H26N4O2. The fourth-order valence-corrected chi connectivity index (χ4v) is 4.32. The lowest BCUT2D eigenvalue weighted by Crippen LogP contribution is -2.20. The number of aromatic amines is 1. The van der Waals surface area contributed by atoms with Crippen molar-refractivity contribution in [3.63, 3.8) is 0 Å². The quantitative estimate of drug-likeness (QED) is 0.532. The first kappa shape index (κ1) is 18.9. The second-order valence-corrected chi connectivity index (χ2v) is 8.17. The van der Waals surface area contributed by atoms with Gasteiger partial charge >= 0.3 is 0 Å². The Balaban J connectivity index is 1.69. The number of ether oxygens (including phenoxy) is 1. The van der Waals surface area contributed by atoms with E-state index in [9.17, 15) is 4.79 Å². The molecule has 3 aromatic heterocycles. The first-order chi connectivity index (χ1) is 14.5. The number of H-pyrrole nitrogens is 1. The van der Waals surface area contributed by atoms with Crippen molar-refractivity contribution < 1.29 is 4.74 Å². The summed E-state index contributed by atoms with van der Waals surface area (Å²) in [5.74, 6) is 0.840. The molecule has 0 amide bonds. The zero-order valence-corrected chi connectivity index (χ0v) is 17.6. The van der Waals surface area contributed by atoms with E-state index in [2.05, 4.69) is 33.8 Å². The number of benzene rings is 1. The number of fused-ring (bicyclic) bond motifs is 2. The van der Waals surface area contributed by atoms with Gasteiger partial charge in [-0.05, 0) is 68.3 Å². The van der Waals surface area contributed by atoms with Gasteiger partial charge in [-0.15, -0.1) is 0 Å². The molecule has 0 radical (unpaired) electrons. The van der Waals surface area contributed by atoms with Crippen LogP contribution >= 0.6 is 0 Å². The Hall–Kier alpha value is -3.12. The van der Waals surface area contributed by atoms with Gasteiger partial charge in [0.25, 0.3) is 5.56 Å². The van der Waals surface area contributed by atoms with Crippen LogP contribution in [0.25, 0.3) is 27.8 Å². The molecule has 1 fully saturated rings. The number of nitrogens with zero attached hydrogens (tertiary/aromatic N) is 2. The number of aromatic nitrogens is 3. The minimum atomic E-state index is -0.127. The Morgan fingerprint density at radius 1 is 1.23 bits per heavy atom. The second-order valence-electron chi connectivity index (χ2n) is 8.17. The van der Waals surface area contributed by atoms with E-state index in [0.717, 1.165) is 58.6 Å². The van der Waals surface area contributed by atoms with Crippen molar-refractivity contribution >= 4 is 22.4 Å². The average Bonchev–Trinajstić information content (AvgIpc) is 3.37. The maximum atomic E-state index is 13.1. The molecule has 6 nitrogen and oxygen atoms in total. The summed E-state index contributed by atoms with van der Waals surface area (Å²) in [5.41, 5.74) is 6.14. The van der Waals surface area contributed by atoms with Crippen molar-refractivity contribution in [2.75, 3.05) is 18.5 Å². The zero-order valence-electron chi connectivity index (χ0n) is 17.6. The number of nitrogens with one attached hydrogen (secondary N) is 2. The molecule has 4 heterocycles. The van der Waals surface area contributed by atoms with E-state index in [1.165, 1.54) is 0 Å². The Morgan fingerprint density at radius 3 is 2.90 bits per heavy atom. The average molecular weight is 402 g/mol. The van der Waals surface area contributed by atoms with Gasteiger partial charge in [-0.1, -0.05) is 18.2 Å². The van der Waals surface area contributed by atoms with E-state index in [1.807, 2.05) is 38.1 Å². The van der Waals surface area contributed by atoms with Crippen LogP contribution in [0, 0.1) is 20.8 Å². The van der Waals surface area contributed by atoms with Crippen LogP contribution in [0.3, 0.4) is 0 Å². The Labute approximate surface area is 174 Å². The van der Waals surface area contributed by atoms with Crippen LogP contribution in [-0.2, 0) is 4.74 Å². The van der Waals surface area contributed by atoms with Crippen molar-refractivity contribution in [2.24, 2.45) is 0 Å². The van der Waals surface area contributed by atoms with E-state index in [4.69, 9.17) is 9.72 Å². The zero-order chi connectivity index (χ0) is 20.8. The second kappa shape index (κ2) is 7.29. The van der Waals surface area contributed by atoms with E-state index >= 15 is 0 Å². The van der Waals surface area contributed by atoms with Crippen LogP contribution in [-0.4, -0.2) is 33.6 Å². The fourth-order valence-electron chi connectivity index (χ4n) is 4.32. The molecule has 0 saturated carbocycles. The first-order valence-corrected chi connectivity index (χ1v) is 10.5. The number of imidazole rings is 1. The molecule has 1 unspecified atom stereocenters. The fraction of sp³-hybridized carbons (Fsp3) is 0.333. The van der Waals surface area contributed by atoms with Crippen molar-refractivity contribution in [1.82, 2.24) is 14.4 Å². The molecule has 154 valence electrons. The van der Waals surface area contributed by atoms with Gasteiger partial charge in [0.2, 0.25) is 0 Å². The summed E-state index contributed by atoms with van der Waals surface area (Å²) in [5, 5.41) is 4.54. The van der Waals surface area contributed by atoms with Gasteiger partial charge in [0.1, 0.15) is 17.2 Å². The lowest BCUT2D eigenvalue weighted by molar-refractivity contribution is 0.120. The van der Waals surface area contributed by atoms with Crippen LogP contribution in [0.2, 0.25) is 0 Å². The van der Waals surface area contributed by atoms with Gasteiger partial charge in [-0.3, -0.25) is 9.20 Å². The molecular weight excluding hydrogens is 376 g/mol. The van der Waals surface area contributed by atoms with E-state index < -0.39 is 0 Å². The van der Waals surface area contributed by atoms with Crippen molar-refractivity contribution in [1.29, 1.82) is 0 Å². The molecule has 1 atom stereocenters. The smallest absolute Gasteiger partial charge is 0.258 e. The summed E-state index contributed by atoms with van der Waals surface area (Å²) in [4.78, 5) is 21.0. The van der Waals surface area contributed by atoms with Crippen molar-refractivity contribution in [3.8, 4) is 11.3 Å². The maximum Gasteiger partial charge on any atom is 0.258 e. The largest absolute Gasteiger partial charge is 0.376 e. The highest BCUT2D eigenvalue weighted by Crippen LogP contribution is 2.30. The van der Waals surface area contributed by atoms with Gasteiger partial charge in [0.15, 0.2) is 0 Å². The van der Waals surface area contributed by atoms with Gasteiger partial charge in [0, 0.05) is 18.8 Å². The summed E-state index contributed by atoms with van der Waals surface area (Å²) in [6, 6.07) is 12.1. The third kappa shape index (κ3) is 3.08. The number of anilines is 1. The predicted octanol–water partition coefficient (Wildman–Crippen LogP) is 4.36. The summed E-state index contributed by atoms with van der Waals surface area (Å²) >= 11 is 0. The van der Waals surface area contributed by atoms with Crippen molar-refractivity contribution in [2.45, 2.75) is 39.7 Å². The highest BCUT2D eigenvalue weighted by molar-refractivity contribution is 5.88. The minimum Gasteiger partial charge on any atom is -0.376 e. The van der Waals surface area contributed by atoms with Gasteiger partial charge < -0.3 is 15.0 Å². The number of hydrogen-bond acceptors (Lipinski definition) is 4. The number of rotatable bonds is 4. The van der Waals surface area contributed by atoms with Gasteiger partial charge in [-0.2, -0.15) is 0 Å². The number of hydrogen-bond donors (Lipinski definition) is 2. The van der Waals surface area contributed by atoms with Crippen LogP contribution < -0.4 is 10.9 Å². The first-order valence-electron chi connectivity index (χ1n) is 10.5. The van der Waals surface area contributed by atoms with E-state index in [0.29, 0.717) is 17.8 Å². The third-order valence-electron chi connectivity index (χ3n) is 6.17. The van der Waals surface area contributed by atoms with Crippen LogP contribution in [0.1, 0.15) is 29.7 Å². The number of pyridine rings is 2. The minimum absolute atomic E-state index is 0.127. The molecule has 4 aromatic rings. The molecule has 30 heavy (non-hydrogen) atoms. The summed E-state index contributed by atoms with van der Waals surface area (Å²) in [7, 11) is 0. The summed E-state index contributed by atoms with van der Waals surface area (Å²) in [6.07, 6.45) is 2.33. The SMILES string of the molecule is Cc1ccc2cc(-c3nc4cccc(C)n4c3NCC3CCCO3)c(=O)[nH]c2c1C. The third-order valence-corrected chi connectivity index (χ3v) is 6.17. The van der Waals surface area contributed by atoms with E-state index in [1.54, 1.807) is 0 Å². The molecule has 5 rings (SSSR count). The lowest BCUT2D eigenvalue weighted by atomic mass is 10.0. The summed E-state index contributed by atoms with van der Waals surface area (Å²) in [6.45, 7) is 7.65. The van der Waals surface area contributed by atoms with Gasteiger partial charge in [0.05, 0.1) is 17.2 Å². The van der Waals surface area contributed by atoms with E-state index in [-0.39, 0.29) is 11.7 Å².